The molecule has 0 aliphatic rings. The van der Waals surface area contributed by atoms with Gasteiger partial charge in [0.15, 0.2) is 0 Å². The molecule has 1 amide bonds. The van der Waals surface area contributed by atoms with Crippen LogP contribution in [0.1, 0.15) is 18.9 Å². The second-order valence-corrected chi connectivity index (χ2v) is 3.13. The molecular weight excluding hydrogens is 174 g/mol. The molecule has 0 aromatic heterocycles. The van der Waals surface area contributed by atoms with Crippen molar-refractivity contribution in [3.05, 3.63) is 48.2 Å². The smallest absolute Gasteiger partial charge is 0.220 e. The third-order valence-corrected chi connectivity index (χ3v) is 1.85. The number of hydrogen-bond acceptors (Lipinski definition) is 1. The van der Waals surface area contributed by atoms with Crippen LogP contribution >= 0.6 is 0 Å². The molecule has 2 nitrogen and oxygen atoms in total. The number of carbonyl (C=O) groups excluding carboxylic acids is 1. The molecule has 0 fully saturated rings. The molecule has 0 aliphatic carbocycles. The Bertz CT molecular complexity index is 303. The summed E-state index contributed by atoms with van der Waals surface area (Å²) in [4.78, 5) is 10.5. The normalized spacial score (nSPS) is 10.4. The molecule has 0 atom stereocenters. The molecule has 2 heteroatoms. The predicted octanol–water partition coefficient (Wildman–Crippen LogP) is 2.27. The van der Waals surface area contributed by atoms with Crippen molar-refractivity contribution in [3.8, 4) is 0 Å². The zero-order valence-corrected chi connectivity index (χ0v) is 8.36. The molecular formula is C12H15NO. The average molecular weight is 189 g/mol. The minimum absolute atomic E-state index is 0.0269. The Balaban J connectivity index is 2.22. The Kier molecular flexibility index (Phi) is 4.48. The quantitative estimate of drug-likeness (QED) is 0.773. The molecule has 0 radical (unpaired) electrons. The largest absolute Gasteiger partial charge is 0.333 e. The molecule has 1 aromatic rings. The van der Waals surface area contributed by atoms with Crippen LogP contribution in [0.5, 0.6) is 0 Å². The number of aryl methyl sites for hydroxylation is 1. The highest BCUT2D eigenvalue weighted by Crippen LogP contribution is 2.02. The molecule has 1 N–H and O–H groups in total. The van der Waals surface area contributed by atoms with Crippen molar-refractivity contribution in [2.75, 3.05) is 0 Å². The molecule has 0 unspecified atom stereocenters. The van der Waals surface area contributed by atoms with Gasteiger partial charge in [-0.05, 0) is 24.6 Å². The molecule has 0 aliphatic heterocycles. The standard InChI is InChI=1S/C12H15NO/c1-11(14)13-10-6-5-9-12-7-3-2-4-8-12/h2-4,6-8,10H,5,9H2,1H3,(H,13,14). The van der Waals surface area contributed by atoms with Gasteiger partial charge >= 0.3 is 0 Å². The van der Waals surface area contributed by atoms with Crippen LogP contribution in [-0.2, 0) is 11.2 Å². The third kappa shape index (κ3) is 4.45. The molecule has 0 saturated carbocycles. The molecule has 1 rings (SSSR count). The van der Waals surface area contributed by atoms with E-state index in [1.165, 1.54) is 12.5 Å². The van der Waals surface area contributed by atoms with Crippen LogP contribution in [0.2, 0.25) is 0 Å². The van der Waals surface area contributed by atoms with Gasteiger partial charge in [0.05, 0.1) is 0 Å². The molecule has 74 valence electrons. The van der Waals surface area contributed by atoms with Crippen molar-refractivity contribution < 1.29 is 4.79 Å². The van der Waals surface area contributed by atoms with E-state index in [1.807, 2.05) is 24.3 Å². The molecule has 0 bridgehead atoms. The minimum Gasteiger partial charge on any atom is -0.333 e. The second-order valence-electron chi connectivity index (χ2n) is 3.13. The Morgan fingerprint density at radius 3 is 2.71 bits per heavy atom. The Hall–Kier alpha value is -1.57. The SMILES string of the molecule is CC(=O)NC=CCCc1ccccc1. The molecule has 1 aromatic carbocycles. The zero-order chi connectivity index (χ0) is 10.2. The monoisotopic (exact) mass is 189 g/mol. The Morgan fingerprint density at radius 1 is 1.36 bits per heavy atom. The van der Waals surface area contributed by atoms with Crippen molar-refractivity contribution in [2.24, 2.45) is 0 Å². The highest BCUT2D eigenvalue weighted by molar-refractivity contribution is 5.73. The second kappa shape index (κ2) is 5.97. The number of benzene rings is 1. The number of hydrogen-bond donors (Lipinski definition) is 1. The van der Waals surface area contributed by atoms with Gasteiger partial charge in [-0.1, -0.05) is 36.4 Å². The first-order valence-corrected chi connectivity index (χ1v) is 4.75. The van der Waals surface area contributed by atoms with Gasteiger partial charge in [-0.2, -0.15) is 0 Å². The number of nitrogens with one attached hydrogen (secondary N) is 1. The van der Waals surface area contributed by atoms with Crippen LogP contribution in [0.15, 0.2) is 42.6 Å². The third-order valence-electron chi connectivity index (χ3n) is 1.85. The van der Waals surface area contributed by atoms with E-state index in [0.29, 0.717) is 0 Å². The maximum Gasteiger partial charge on any atom is 0.220 e. The van der Waals surface area contributed by atoms with Crippen molar-refractivity contribution in [2.45, 2.75) is 19.8 Å². The van der Waals surface area contributed by atoms with Crippen molar-refractivity contribution in [3.63, 3.8) is 0 Å². The summed E-state index contributed by atoms with van der Waals surface area (Å²) < 4.78 is 0. The van der Waals surface area contributed by atoms with Gasteiger partial charge in [0.1, 0.15) is 0 Å². The topological polar surface area (TPSA) is 29.1 Å². The zero-order valence-electron chi connectivity index (χ0n) is 8.36. The van der Waals surface area contributed by atoms with Crippen LogP contribution in [0.3, 0.4) is 0 Å². The molecule has 0 saturated heterocycles. The van der Waals surface area contributed by atoms with Gasteiger partial charge in [-0.3, -0.25) is 4.79 Å². The maximum atomic E-state index is 10.5. The number of carbonyl (C=O) groups is 1. The average Bonchev–Trinajstić information content (AvgIpc) is 2.18. The minimum atomic E-state index is -0.0269. The van der Waals surface area contributed by atoms with Crippen molar-refractivity contribution in [1.82, 2.24) is 5.32 Å². The van der Waals surface area contributed by atoms with Crippen molar-refractivity contribution in [1.29, 1.82) is 0 Å². The lowest BCUT2D eigenvalue weighted by Crippen LogP contribution is -2.11. The lowest BCUT2D eigenvalue weighted by molar-refractivity contribution is -0.118. The van der Waals surface area contributed by atoms with E-state index in [-0.39, 0.29) is 5.91 Å². The Labute approximate surface area is 84.6 Å². The van der Waals surface area contributed by atoms with Gasteiger partial charge in [-0.25, -0.2) is 0 Å². The summed E-state index contributed by atoms with van der Waals surface area (Å²) in [5.74, 6) is -0.0269. The van der Waals surface area contributed by atoms with E-state index in [0.717, 1.165) is 12.8 Å². The summed E-state index contributed by atoms with van der Waals surface area (Å²) in [6.07, 6.45) is 5.63. The molecule has 0 heterocycles. The lowest BCUT2D eigenvalue weighted by Gasteiger charge is -1.96. The fourth-order valence-electron chi connectivity index (χ4n) is 1.15. The number of allylic oxidation sites excluding steroid dienone is 1. The van der Waals surface area contributed by atoms with E-state index in [9.17, 15) is 4.79 Å². The summed E-state index contributed by atoms with van der Waals surface area (Å²) in [5.41, 5.74) is 1.32. The van der Waals surface area contributed by atoms with Gasteiger partial charge in [-0.15, -0.1) is 0 Å². The first kappa shape index (κ1) is 10.5. The highest BCUT2D eigenvalue weighted by atomic mass is 16.1. The number of rotatable bonds is 4. The fourth-order valence-corrected chi connectivity index (χ4v) is 1.15. The van der Waals surface area contributed by atoms with Gasteiger partial charge < -0.3 is 5.32 Å². The van der Waals surface area contributed by atoms with Crippen LogP contribution in [-0.4, -0.2) is 5.91 Å². The van der Waals surface area contributed by atoms with Gasteiger partial charge in [0.2, 0.25) is 5.91 Å². The first-order valence-electron chi connectivity index (χ1n) is 4.75. The fraction of sp³-hybridized carbons (Fsp3) is 0.250. The summed E-state index contributed by atoms with van der Waals surface area (Å²) in [6.45, 7) is 1.50. The maximum absolute atomic E-state index is 10.5. The molecule has 0 spiro atoms. The summed E-state index contributed by atoms with van der Waals surface area (Å²) in [6, 6.07) is 10.3. The number of amides is 1. The Morgan fingerprint density at radius 2 is 2.07 bits per heavy atom. The predicted molar refractivity (Wildman–Crippen MR) is 57.7 cm³/mol. The van der Waals surface area contributed by atoms with E-state index in [2.05, 4.69) is 17.4 Å². The van der Waals surface area contributed by atoms with Crippen LogP contribution in [0.25, 0.3) is 0 Å². The summed E-state index contributed by atoms with van der Waals surface area (Å²) in [5, 5.41) is 2.61. The van der Waals surface area contributed by atoms with E-state index in [4.69, 9.17) is 0 Å². The molecule has 14 heavy (non-hydrogen) atoms. The van der Waals surface area contributed by atoms with Crippen LogP contribution in [0, 0.1) is 0 Å². The van der Waals surface area contributed by atoms with Gasteiger partial charge in [0, 0.05) is 6.92 Å². The van der Waals surface area contributed by atoms with E-state index < -0.39 is 0 Å². The summed E-state index contributed by atoms with van der Waals surface area (Å²) >= 11 is 0. The van der Waals surface area contributed by atoms with Crippen molar-refractivity contribution >= 4 is 5.91 Å². The lowest BCUT2D eigenvalue weighted by atomic mass is 10.1. The van der Waals surface area contributed by atoms with E-state index >= 15 is 0 Å². The first-order chi connectivity index (χ1) is 6.79. The summed E-state index contributed by atoms with van der Waals surface area (Å²) in [7, 11) is 0. The van der Waals surface area contributed by atoms with Crippen LogP contribution in [0.4, 0.5) is 0 Å². The highest BCUT2D eigenvalue weighted by Gasteiger charge is 1.88. The van der Waals surface area contributed by atoms with Gasteiger partial charge in [0.25, 0.3) is 0 Å². The van der Waals surface area contributed by atoms with E-state index in [1.54, 1.807) is 6.20 Å². The van der Waals surface area contributed by atoms with Crippen LogP contribution < -0.4 is 5.32 Å².